The summed E-state index contributed by atoms with van der Waals surface area (Å²) in [6.45, 7) is 0.278. The lowest BCUT2D eigenvalue weighted by molar-refractivity contribution is -0.391. The predicted octanol–water partition coefficient (Wildman–Crippen LogP) is 4.81. The van der Waals surface area contributed by atoms with Crippen LogP contribution in [0.3, 0.4) is 0 Å². The van der Waals surface area contributed by atoms with Crippen LogP contribution < -0.4 is 18.9 Å². The molecule has 0 saturated heterocycles. The highest BCUT2D eigenvalue weighted by Gasteiger charge is 2.66. The number of methoxy groups -OCH3 is 1. The first-order valence-electron chi connectivity index (χ1n) is 10.4. The molecule has 1 aliphatic rings. The Bertz CT molecular complexity index is 1400. The van der Waals surface area contributed by atoms with Crippen LogP contribution >= 0.6 is 0 Å². The normalized spacial score (nSPS) is 16.5. The summed E-state index contributed by atoms with van der Waals surface area (Å²) in [5, 5.41) is -0.0367. The summed E-state index contributed by atoms with van der Waals surface area (Å²) in [6, 6.07) is 13.1. The summed E-state index contributed by atoms with van der Waals surface area (Å²) in [5.74, 6) is -0.662. The van der Waals surface area contributed by atoms with Crippen LogP contribution in [-0.2, 0) is 23.2 Å². The highest BCUT2D eigenvalue weighted by Crippen LogP contribution is 2.48. The number of fused-ring (bicyclic) bond motifs is 2. The van der Waals surface area contributed by atoms with Crippen molar-refractivity contribution in [3.05, 3.63) is 66.0 Å². The predicted molar refractivity (Wildman–Crippen MR) is 119 cm³/mol. The Balaban J connectivity index is 1.38. The van der Waals surface area contributed by atoms with Crippen molar-refractivity contribution in [2.24, 2.45) is 0 Å². The van der Waals surface area contributed by atoms with Gasteiger partial charge in [0.15, 0.2) is 28.2 Å². The van der Waals surface area contributed by atoms with Gasteiger partial charge < -0.3 is 23.9 Å². The van der Waals surface area contributed by atoms with Gasteiger partial charge in [0.1, 0.15) is 6.61 Å². The van der Waals surface area contributed by atoms with E-state index in [1.807, 2.05) is 30.3 Å². The van der Waals surface area contributed by atoms with Crippen LogP contribution in [0.4, 0.5) is 17.6 Å². The molecule has 0 amide bonds. The van der Waals surface area contributed by atoms with Crippen molar-refractivity contribution >= 4 is 21.8 Å². The second-order valence-corrected chi connectivity index (χ2v) is 9.02. The van der Waals surface area contributed by atoms with Gasteiger partial charge in [0.05, 0.1) is 40.4 Å². The van der Waals surface area contributed by atoms with Crippen molar-refractivity contribution < 1.29 is 40.7 Å². The van der Waals surface area contributed by atoms with E-state index in [0.29, 0.717) is 17.2 Å². The number of aromatic amines is 1. The summed E-state index contributed by atoms with van der Waals surface area (Å²) < 4.78 is 86.6. The van der Waals surface area contributed by atoms with Gasteiger partial charge in [-0.15, -0.1) is 0 Å². The fraction of sp³-hybridized carbons (Fsp3) is 0.217. The van der Waals surface area contributed by atoms with Crippen molar-refractivity contribution in [3.63, 3.8) is 0 Å². The lowest BCUT2D eigenvalue weighted by Gasteiger charge is -2.31. The van der Waals surface area contributed by atoms with Gasteiger partial charge in [0.2, 0.25) is 0 Å². The number of aromatic nitrogens is 3. The zero-order valence-corrected chi connectivity index (χ0v) is 19.3. The molecule has 0 spiro atoms. The molecular weight excluding hydrogens is 506 g/mol. The van der Waals surface area contributed by atoms with E-state index in [2.05, 4.69) is 24.4 Å². The summed E-state index contributed by atoms with van der Waals surface area (Å²) in [4.78, 5) is 11.1. The lowest BCUT2D eigenvalue weighted by atomic mass is 10.2. The molecule has 13 heteroatoms. The average Bonchev–Trinajstić information content (AvgIpc) is 3.25. The Kier molecular flexibility index (Phi) is 5.94. The molecule has 0 aliphatic carbocycles. The lowest BCUT2D eigenvalue weighted by Crippen LogP contribution is -2.52. The Labute approximate surface area is 203 Å². The third-order valence-electron chi connectivity index (χ3n) is 5.21. The van der Waals surface area contributed by atoms with Crippen molar-refractivity contribution in [3.8, 4) is 23.0 Å². The van der Waals surface area contributed by atoms with Gasteiger partial charge >= 0.3 is 12.2 Å². The molecule has 1 unspecified atom stereocenters. The van der Waals surface area contributed by atoms with Crippen molar-refractivity contribution in [2.75, 3.05) is 7.11 Å². The number of hydrogen-bond acceptors (Lipinski definition) is 7. The van der Waals surface area contributed by atoms with E-state index in [1.54, 1.807) is 6.07 Å². The second kappa shape index (κ2) is 8.97. The third kappa shape index (κ3) is 4.41. The molecule has 2 aromatic heterocycles. The van der Waals surface area contributed by atoms with E-state index >= 15 is 0 Å². The first-order chi connectivity index (χ1) is 17.2. The van der Waals surface area contributed by atoms with Crippen molar-refractivity contribution in [1.82, 2.24) is 15.0 Å². The number of benzene rings is 2. The maximum absolute atomic E-state index is 13.5. The van der Waals surface area contributed by atoms with Gasteiger partial charge in [-0.3, -0.25) is 9.19 Å². The molecule has 4 aromatic rings. The minimum absolute atomic E-state index is 0.0367. The zero-order chi connectivity index (χ0) is 25.5. The molecule has 36 heavy (non-hydrogen) atoms. The minimum atomic E-state index is -4.86. The number of rotatable bonds is 7. The van der Waals surface area contributed by atoms with Crippen LogP contribution in [0.25, 0.3) is 11.0 Å². The Morgan fingerprint density at radius 1 is 1.03 bits per heavy atom. The number of H-pyrrole nitrogens is 1. The molecule has 2 aromatic carbocycles. The standard InChI is InChI=1S/C23H17F4N3O5S/c1-32-20-16(28-8-7-17(20)33-11-13-5-3-2-4-6-13)12-36(31)21-29-14-9-18-19(10-15(14)30-21)35-23(26,27)22(24,25)34-18/h2-10H,11-12H2,1H3,(H,29,30). The fourth-order valence-corrected chi connectivity index (χ4v) is 4.51. The zero-order valence-electron chi connectivity index (χ0n) is 18.5. The highest BCUT2D eigenvalue weighted by atomic mass is 32.2. The molecule has 1 aliphatic heterocycles. The van der Waals surface area contributed by atoms with E-state index in [1.165, 1.54) is 13.3 Å². The van der Waals surface area contributed by atoms with Crippen molar-refractivity contribution in [2.45, 2.75) is 29.7 Å². The molecular formula is C23H17F4N3O5S. The van der Waals surface area contributed by atoms with Crippen LogP contribution in [0.1, 0.15) is 11.3 Å². The topological polar surface area (TPSA) is 95.6 Å². The van der Waals surface area contributed by atoms with Crippen LogP contribution in [0.15, 0.2) is 59.9 Å². The number of ether oxygens (including phenoxy) is 4. The van der Waals surface area contributed by atoms with E-state index < -0.39 is 34.5 Å². The molecule has 8 nitrogen and oxygen atoms in total. The second-order valence-electron chi connectivity index (χ2n) is 7.65. The van der Waals surface area contributed by atoms with Gasteiger partial charge in [-0.2, -0.15) is 17.6 Å². The summed E-state index contributed by atoms with van der Waals surface area (Å²) >= 11 is 0. The Hall–Kier alpha value is -3.87. The van der Waals surface area contributed by atoms with Gasteiger partial charge in [0, 0.05) is 24.4 Å². The third-order valence-corrected chi connectivity index (χ3v) is 6.37. The quantitative estimate of drug-likeness (QED) is 0.348. The van der Waals surface area contributed by atoms with E-state index in [-0.39, 0.29) is 28.5 Å². The maximum Gasteiger partial charge on any atom is 0.507 e. The van der Waals surface area contributed by atoms with Crippen molar-refractivity contribution in [1.29, 1.82) is 0 Å². The molecule has 0 radical (unpaired) electrons. The number of nitrogens with zero attached hydrogens (tertiary/aromatic N) is 2. The number of imidazole rings is 1. The van der Waals surface area contributed by atoms with E-state index in [9.17, 15) is 21.8 Å². The van der Waals surface area contributed by atoms with Gasteiger partial charge in [-0.05, 0) is 5.56 Å². The fourth-order valence-electron chi connectivity index (χ4n) is 3.49. The number of nitrogens with one attached hydrogen (secondary N) is 1. The van der Waals surface area contributed by atoms with Gasteiger partial charge in [-0.25, -0.2) is 4.98 Å². The first kappa shape index (κ1) is 23.9. The molecule has 0 bridgehead atoms. The van der Waals surface area contributed by atoms with E-state index in [0.717, 1.165) is 17.7 Å². The molecule has 0 fully saturated rings. The summed E-state index contributed by atoms with van der Waals surface area (Å²) in [7, 11) is -0.375. The monoisotopic (exact) mass is 523 g/mol. The maximum atomic E-state index is 13.5. The molecule has 1 atom stereocenters. The SMILES string of the molecule is COc1c(OCc2ccccc2)ccnc1CS(=O)c1nc2cc3c(cc2[nH]1)OC(F)(F)C(F)(F)O3. The summed E-state index contributed by atoms with van der Waals surface area (Å²) in [5.41, 5.74) is 1.48. The van der Waals surface area contributed by atoms with Crippen LogP contribution in [0.5, 0.6) is 23.0 Å². The molecule has 188 valence electrons. The minimum Gasteiger partial charge on any atom is -0.491 e. The Morgan fingerprint density at radius 3 is 2.42 bits per heavy atom. The number of hydrogen-bond donors (Lipinski definition) is 1. The molecule has 1 N–H and O–H groups in total. The number of halogens is 4. The molecule has 3 heterocycles. The smallest absolute Gasteiger partial charge is 0.491 e. The number of alkyl halides is 4. The van der Waals surface area contributed by atoms with E-state index in [4.69, 9.17) is 9.47 Å². The van der Waals surface area contributed by atoms with Crippen LogP contribution in [-0.4, -0.2) is 38.5 Å². The summed E-state index contributed by atoms with van der Waals surface area (Å²) in [6.07, 6.45) is -8.22. The largest absolute Gasteiger partial charge is 0.507 e. The van der Waals surface area contributed by atoms with Crippen LogP contribution in [0, 0.1) is 0 Å². The van der Waals surface area contributed by atoms with Crippen LogP contribution in [0.2, 0.25) is 0 Å². The first-order valence-corrected chi connectivity index (χ1v) is 11.7. The molecule has 0 saturated carbocycles. The van der Waals surface area contributed by atoms with Gasteiger partial charge in [-0.1, -0.05) is 30.3 Å². The Morgan fingerprint density at radius 2 is 1.72 bits per heavy atom. The highest BCUT2D eigenvalue weighted by molar-refractivity contribution is 7.84. The van der Waals surface area contributed by atoms with Gasteiger partial charge in [0.25, 0.3) is 0 Å². The average molecular weight is 523 g/mol. The number of pyridine rings is 1. The molecule has 5 rings (SSSR count).